The SMILES string of the molecule is CC1CC(NC2CSCc3ccccc32)CCN1C. The number of benzene rings is 1. The highest BCUT2D eigenvalue weighted by Gasteiger charge is 2.27. The zero-order valence-electron chi connectivity index (χ0n) is 11.9. The van der Waals surface area contributed by atoms with Gasteiger partial charge in [0.1, 0.15) is 0 Å². The van der Waals surface area contributed by atoms with Crippen LogP contribution in [0.3, 0.4) is 0 Å². The van der Waals surface area contributed by atoms with Gasteiger partial charge in [0.05, 0.1) is 0 Å². The van der Waals surface area contributed by atoms with Gasteiger partial charge in [-0.1, -0.05) is 24.3 Å². The number of hydrogen-bond acceptors (Lipinski definition) is 3. The zero-order valence-corrected chi connectivity index (χ0v) is 12.7. The van der Waals surface area contributed by atoms with Crippen LogP contribution in [0.25, 0.3) is 0 Å². The third kappa shape index (κ3) is 2.99. The second-order valence-corrected chi connectivity index (χ2v) is 7.01. The molecule has 0 saturated carbocycles. The Bertz CT molecular complexity index is 435. The Morgan fingerprint density at radius 2 is 2.16 bits per heavy atom. The fourth-order valence-corrected chi connectivity index (χ4v) is 4.36. The fraction of sp³-hybridized carbons (Fsp3) is 0.625. The van der Waals surface area contributed by atoms with Crippen molar-refractivity contribution in [2.24, 2.45) is 0 Å². The largest absolute Gasteiger partial charge is 0.306 e. The highest BCUT2D eigenvalue weighted by Crippen LogP contribution is 2.32. The quantitative estimate of drug-likeness (QED) is 0.894. The third-order valence-electron chi connectivity index (χ3n) is 4.62. The summed E-state index contributed by atoms with van der Waals surface area (Å²) in [4.78, 5) is 2.47. The van der Waals surface area contributed by atoms with Crippen LogP contribution in [0.15, 0.2) is 24.3 Å². The standard InChI is InChI=1S/C16H24N2S/c1-12-9-14(7-8-18(12)2)17-16-11-19-10-13-5-3-4-6-15(13)16/h3-6,12,14,16-17H,7-11H2,1-2H3. The minimum absolute atomic E-state index is 0.551. The van der Waals surface area contributed by atoms with E-state index >= 15 is 0 Å². The molecule has 0 amide bonds. The van der Waals surface area contributed by atoms with E-state index in [1.807, 2.05) is 0 Å². The molecule has 0 bridgehead atoms. The number of hydrogen-bond donors (Lipinski definition) is 1. The van der Waals surface area contributed by atoms with E-state index in [4.69, 9.17) is 0 Å². The van der Waals surface area contributed by atoms with Crippen molar-refractivity contribution in [1.82, 2.24) is 10.2 Å². The van der Waals surface area contributed by atoms with Crippen molar-refractivity contribution in [3.05, 3.63) is 35.4 Å². The Balaban J connectivity index is 1.68. The lowest BCUT2D eigenvalue weighted by atomic mass is 9.95. The van der Waals surface area contributed by atoms with E-state index in [2.05, 4.69) is 60.2 Å². The van der Waals surface area contributed by atoms with Gasteiger partial charge >= 0.3 is 0 Å². The average molecular weight is 276 g/mol. The summed E-state index contributed by atoms with van der Waals surface area (Å²) in [6.45, 7) is 3.57. The van der Waals surface area contributed by atoms with E-state index in [1.165, 1.54) is 42.0 Å². The van der Waals surface area contributed by atoms with Crippen molar-refractivity contribution in [1.29, 1.82) is 0 Å². The maximum Gasteiger partial charge on any atom is 0.0417 e. The Labute approximate surface area is 121 Å². The summed E-state index contributed by atoms with van der Waals surface area (Å²) in [5.41, 5.74) is 3.06. The van der Waals surface area contributed by atoms with Crippen molar-refractivity contribution < 1.29 is 0 Å². The summed E-state index contributed by atoms with van der Waals surface area (Å²) in [6, 6.07) is 10.9. The lowest BCUT2D eigenvalue weighted by Gasteiger charge is -2.38. The molecule has 3 unspecified atom stereocenters. The Morgan fingerprint density at radius 1 is 1.32 bits per heavy atom. The van der Waals surface area contributed by atoms with Gasteiger partial charge in [-0.25, -0.2) is 0 Å². The molecule has 1 N–H and O–H groups in total. The lowest BCUT2D eigenvalue weighted by Crippen LogP contribution is -2.47. The van der Waals surface area contributed by atoms with E-state index in [-0.39, 0.29) is 0 Å². The van der Waals surface area contributed by atoms with Crippen LogP contribution in [-0.2, 0) is 5.75 Å². The molecule has 2 heterocycles. The zero-order chi connectivity index (χ0) is 13.2. The molecule has 3 rings (SSSR count). The summed E-state index contributed by atoms with van der Waals surface area (Å²) in [5.74, 6) is 2.40. The molecule has 104 valence electrons. The van der Waals surface area contributed by atoms with Crippen LogP contribution >= 0.6 is 11.8 Å². The maximum absolute atomic E-state index is 3.92. The smallest absolute Gasteiger partial charge is 0.0417 e. The third-order valence-corrected chi connectivity index (χ3v) is 5.70. The molecule has 2 aliphatic rings. The molecule has 1 aromatic rings. The molecule has 3 heteroatoms. The highest BCUT2D eigenvalue weighted by atomic mass is 32.2. The van der Waals surface area contributed by atoms with Crippen LogP contribution in [0.4, 0.5) is 0 Å². The number of fused-ring (bicyclic) bond motifs is 1. The summed E-state index contributed by atoms with van der Waals surface area (Å²) < 4.78 is 0. The van der Waals surface area contributed by atoms with Gasteiger partial charge in [0, 0.05) is 29.6 Å². The van der Waals surface area contributed by atoms with Gasteiger partial charge in [0.2, 0.25) is 0 Å². The number of likely N-dealkylation sites (tertiary alicyclic amines) is 1. The van der Waals surface area contributed by atoms with Gasteiger partial charge < -0.3 is 10.2 Å². The molecule has 2 nitrogen and oxygen atoms in total. The van der Waals surface area contributed by atoms with Crippen LogP contribution in [0, 0.1) is 0 Å². The summed E-state index contributed by atoms with van der Waals surface area (Å²) in [5, 5.41) is 3.92. The molecule has 0 aromatic heterocycles. The molecule has 1 saturated heterocycles. The van der Waals surface area contributed by atoms with Crippen LogP contribution in [0.2, 0.25) is 0 Å². The molecule has 0 radical (unpaired) electrons. The maximum atomic E-state index is 3.92. The van der Waals surface area contributed by atoms with Crippen LogP contribution in [-0.4, -0.2) is 36.3 Å². The normalized spacial score (nSPS) is 32.0. The summed E-state index contributed by atoms with van der Waals surface area (Å²) in [7, 11) is 2.24. The average Bonchev–Trinajstić information content (AvgIpc) is 2.43. The van der Waals surface area contributed by atoms with Gasteiger partial charge in [0.15, 0.2) is 0 Å². The van der Waals surface area contributed by atoms with E-state index in [9.17, 15) is 0 Å². The molecule has 0 spiro atoms. The van der Waals surface area contributed by atoms with Crippen molar-refractivity contribution in [2.75, 3.05) is 19.3 Å². The highest BCUT2D eigenvalue weighted by molar-refractivity contribution is 7.98. The Hall–Kier alpha value is -0.510. The first-order valence-electron chi connectivity index (χ1n) is 7.36. The number of nitrogens with one attached hydrogen (secondary N) is 1. The predicted octanol–water partition coefficient (Wildman–Crippen LogP) is 3.05. The number of piperidine rings is 1. The molecule has 3 atom stereocenters. The van der Waals surface area contributed by atoms with Gasteiger partial charge in [-0.05, 0) is 44.5 Å². The van der Waals surface area contributed by atoms with Crippen molar-refractivity contribution in [3.63, 3.8) is 0 Å². The first-order chi connectivity index (χ1) is 9.24. The fourth-order valence-electron chi connectivity index (χ4n) is 3.25. The van der Waals surface area contributed by atoms with Crippen molar-refractivity contribution in [3.8, 4) is 0 Å². The number of nitrogens with zero attached hydrogens (tertiary/aromatic N) is 1. The van der Waals surface area contributed by atoms with Gasteiger partial charge in [0.25, 0.3) is 0 Å². The summed E-state index contributed by atoms with van der Waals surface area (Å²) >= 11 is 2.06. The van der Waals surface area contributed by atoms with Gasteiger partial charge in [-0.15, -0.1) is 0 Å². The molecule has 0 aliphatic carbocycles. The Kier molecular flexibility index (Phi) is 4.15. The van der Waals surface area contributed by atoms with Gasteiger partial charge in [-0.3, -0.25) is 0 Å². The van der Waals surface area contributed by atoms with Crippen LogP contribution < -0.4 is 5.32 Å². The van der Waals surface area contributed by atoms with Crippen molar-refractivity contribution in [2.45, 2.75) is 43.6 Å². The molecular formula is C16H24N2S. The van der Waals surface area contributed by atoms with E-state index in [0.717, 1.165) is 0 Å². The number of thioether (sulfide) groups is 1. The molecule has 1 fully saturated rings. The lowest BCUT2D eigenvalue weighted by molar-refractivity contribution is 0.163. The van der Waals surface area contributed by atoms with E-state index in [0.29, 0.717) is 18.1 Å². The topological polar surface area (TPSA) is 15.3 Å². The van der Waals surface area contributed by atoms with Gasteiger partial charge in [-0.2, -0.15) is 11.8 Å². The first kappa shape index (κ1) is 13.5. The van der Waals surface area contributed by atoms with E-state index < -0.39 is 0 Å². The van der Waals surface area contributed by atoms with Crippen LogP contribution in [0.1, 0.15) is 36.9 Å². The number of rotatable bonds is 2. The second kappa shape index (κ2) is 5.86. The van der Waals surface area contributed by atoms with Crippen molar-refractivity contribution >= 4 is 11.8 Å². The molecule has 2 aliphatic heterocycles. The first-order valence-corrected chi connectivity index (χ1v) is 8.51. The van der Waals surface area contributed by atoms with E-state index in [1.54, 1.807) is 0 Å². The van der Waals surface area contributed by atoms with Crippen LogP contribution in [0.5, 0.6) is 0 Å². The molecule has 19 heavy (non-hydrogen) atoms. The predicted molar refractivity (Wildman–Crippen MR) is 83.6 cm³/mol. The minimum Gasteiger partial charge on any atom is -0.306 e. The summed E-state index contributed by atoms with van der Waals surface area (Å²) in [6.07, 6.45) is 2.56. The molecule has 1 aromatic carbocycles. The molecular weight excluding hydrogens is 252 g/mol. The monoisotopic (exact) mass is 276 g/mol. The minimum atomic E-state index is 0.551. The Morgan fingerprint density at radius 3 is 3.00 bits per heavy atom. The second-order valence-electron chi connectivity index (χ2n) is 5.98.